The fourth-order valence-corrected chi connectivity index (χ4v) is 1.77. The predicted molar refractivity (Wildman–Crippen MR) is 83.5 cm³/mol. The molecule has 20 heavy (non-hydrogen) atoms. The molecule has 1 unspecified atom stereocenters. The Kier molecular flexibility index (Phi) is 4.45. The molecule has 3 N–H and O–H groups in total. The molecule has 0 aliphatic carbocycles. The fraction of sp³-hybridized carbons (Fsp3) is 0.312. The Balaban J connectivity index is 2.17. The van der Waals surface area contributed by atoms with E-state index in [0.717, 1.165) is 23.6 Å². The predicted octanol–water partition coefficient (Wildman–Crippen LogP) is 3.89. The van der Waals surface area contributed by atoms with Crippen molar-refractivity contribution in [2.75, 3.05) is 11.1 Å². The Bertz CT molecular complexity index is 584. The molecule has 0 radical (unpaired) electrons. The minimum atomic E-state index is 0.201. The second-order valence-corrected chi connectivity index (χ2v) is 4.88. The van der Waals surface area contributed by atoms with Crippen LogP contribution in [0.5, 0.6) is 5.75 Å². The Morgan fingerprint density at radius 2 is 2.10 bits per heavy atom. The lowest BCUT2D eigenvalue weighted by molar-refractivity contribution is 0.217. The monoisotopic (exact) mass is 271 g/mol. The summed E-state index contributed by atoms with van der Waals surface area (Å²) in [6.45, 7) is 6.09. The fourth-order valence-electron chi connectivity index (χ4n) is 1.77. The number of ether oxygens (including phenoxy) is 1. The largest absolute Gasteiger partial charge is 0.491 e. The summed E-state index contributed by atoms with van der Waals surface area (Å²) < 4.78 is 5.80. The van der Waals surface area contributed by atoms with Crippen LogP contribution < -0.4 is 15.8 Å². The zero-order valence-electron chi connectivity index (χ0n) is 12.2. The third-order valence-corrected chi connectivity index (χ3v) is 3.07. The van der Waals surface area contributed by atoms with Gasteiger partial charge in [-0.15, -0.1) is 0 Å². The second kappa shape index (κ2) is 6.28. The number of hydrogen-bond acceptors (Lipinski definition) is 4. The molecule has 0 bridgehead atoms. The number of hydrogen-bond donors (Lipinski definition) is 2. The summed E-state index contributed by atoms with van der Waals surface area (Å²) in [5.74, 6) is 1.52. The van der Waals surface area contributed by atoms with Crippen LogP contribution >= 0.6 is 0 Å². The number of nitrogen functional groups attached to an aromatic ring is 1. The Morgan fingerprint density at radius 3 is 2.85 bits per heavy atom. The van der Waals surface area contributed by atoms with Gasteiger partial charge in [0.2, 0.25) is 0 Å². The highest BCUT2D eigenvalue weighted by molar-refractivity contribution is 5.69. The van der Waals surface area contributed by atoms with Gasteiger partial charge in [0, 0.05) is 17.4 Å². The summed E-state index contributed by atoms with van der Waals surface area (Å²) in [4.78, 5) is 4.40. The van der Waals surface area contributed by atoms with Crippen molar-refractivity contribution < 1.29 is 4.74 Å². The summed E-state index contributed by atoms with van der Waals surface area (Å²) in [6, 6.07) is 11.6. The Labute approximate surface area is 120 Å². The average molecular weight is 271 g/mol. The zero-order valence-corrected chi connectivity index (χ0v) is 12.2. The van der Waals surface area contributed by atoms with Crippen molar-refractivity contribution in [3.05, 3.63) is 42.1 Å². The molecule has 0 aliphatic heterocycles. The van der Waals surface area contributed by atoms with Crippen LogP contribution in [0.1, 0.15) is 26.0 Å². The highest BCUT2D eigenvalue weighted by Gasteiger charge is 2.05. The van der Waals surface area contributed by atoms with Crippen LogP contribution in [-0.2, 0) is 0 Å². The van der Waals surface area contributed by atoms with Crippen molar-refractivity contribution in [3.8, 4) is 5.75 Å². The number of aromatic nitrogens is 1. The molecular weight excluding hydrogens is 250 g/mol. The van der Waals surface area contributed by atoms with Gasteiger partial charge in [0.25, 0.3) is 0 Å². The molecule has 0 aliphatic rings. The first-order valence-corrected chi connectivity index (χ1v) is 6.85. The second-order valence-electron chi connectivity index (χ2n) is 4.88. The van der Waals surface area contributed by atoms with Gasteiger partial charge in [-0.25, -0.2) is 4.98 Å². The third kappa shape index (κ3) is 3.63. The van der Waals surface area contributed by atoms with Crippen LogP contribution in [-0.4, -0.2) is 11.1 Å². The smallest absolute Gasteiger partial charge is 0.153 e. The van der Waals surface area contributed by atoms with Crippen LogP contribution in [0.3, 0.4) is 0 Å². The number of benzene rings is 1. The lowest BCUT2D eigenvalue weighted by Crippen LogP contribution is -2.09. The minimum absolute atomic E-state index is 0.201. The van der Waals surface area contributed by atoms with Gasteiger partial charge < -0.3 is 15.8 Å². The number of nitrogens with zero attached hydrogens (tertiary/aromatic N) is 1. The quantitative estimate of drug-likeness (QED) is 0.866. The van der Waals surface area contributed by atoms with Crippen molar-refractivity contribution in [1.82, 2.24) is 4.98 Å². The Hall–Kier alpha value is -2.23. The van der Waals surface area contributed by atoms with Gasteiger partial charge in [0.05, 0.1) is 11.8 Å². The molecule has 2 aromatic rings. The normalized spacial score (nSPS) is 11.9. The van der Waals surface area contributed by atoms with E-state index in [1.807, 2.05) is 43.3 Å². The van der Waals surface area contributed by atoms with Crippen LogP contribution in [0.4, 0.5) is 17.2 Å². The molecule has 106 valence electrons. The first kappa shape index (κ1) is 14.2. The topological polar surface area (TPSA) is 60.2 Å². The van der Waals surface area contributed by atoms with E-state index in [-0.39, 0.29) is 6.10 Å². The lowest BCUT2D eigenvalue weighted by Gasteiger charge is -2.14. The molecule has 0 spiro atoms. The molecule has 0 amide bonds. The molecule has 0 saturated heterocycles. The van der Waals surface area contributed by atoms with Gasteiger partial charge in [-0.2, -0.15) is 0 Å². The molecule has 1 heterocycles. The first-order valence-electron chi connectivity index (χ1n) is 6.85. The highest BCUT2D eigenvalue weighted by Crippen LogP contribution is 2.24. The number of anilines is 3. The van der Waals surface area contributed by atoms with E-state index in [9.17, 15) is 0 Å². The van der Waals surface area contributed by atoms with Crippen molar-refractivity contribution in [3.63, 3.8) is 0 Å². The van der Waals surface area contributed by atoms with Crippen LogP contribution in [0.25, 0.3) is 0 Å². The van der Waals surface area contributed by atoms with Crippen LogP contribution in [0.2, 0.25) is 0 Å². The number of aryl methyl sites for hydroxylation is 1. The molecule has 1 aromatic carbocycles. The number of pyridine rings is 1. The minimum Gasteiger partial charge on any atom is -0.491 e. The number of rotatable bonds is 5. The van der Waals surface area contributed by atoms with Gasteiger partial charge in [-0.1, -0.05) is 13.0 Å². The van der Waals surface area contributed by atoms with Crippen LogP contribution in [0.15, 0.2) is 36.4 Å². The average Bonchev–Trinajstić information content (AvgIpc) is 2.43. The Morgan fingerprint density at radius 1 is 1.30 bits per heavy atom. The van der Waals surface area contributed by atoms with Gasteiger partial charge in [0.15, 0.2) is 5.82 Å². The van der Waals surface area contributed by atoms with E-state index in [4.69, 9.17) is 10.5 Å². The van der Waals surface area contributed by atoms with E-state index >= 15 is 0 Å². The maximum Gasteiger partial charge on any atom is 0.153 e. The van der Waals surface area contributed by atoms with Crippen LogP contribution in [0, 0.1) is 6.92 Å². The van der Waals surface area contributed by atoms with Gasteiger partial charge in [-0.05, 0) is 44.5 Å². The van der Waals surface area contributed by atoms with E-state index in [2.05, 4.69) is 24.1 Å². The molecule has 1 atom stereocenters. The summed E-state index contributed by atoms with van der Waals surface area (Å²) in [5, 5.41) is 3.23. The summed E-state index contributed by atoms with van der Waals surface area (Å²) in [5.41, 5.74) is 8.39. The van der Waals surface area contributed by atoms with E-state index in [1.165, 1.54) is 0 Å². The maximum absolute atomic E-state index is 5.92. The highest BCUT2D eigenvalue weighted by atomic mass is 16.5. The zero-order chi connectivity index (χ0) is 14.5. The molecular formula is C16H21N3O. The molecule has 2 rings (SSSR count). The molecule has 4 nitrogen and oxygen atoms in total. The van der Waals surface area contributed by atoms with Gasteiger partial charge >= 0.3 is 0 Å². The van der Waals surface area contributed by atoms with E-state index in [1.54, 1.807) is 0 Å². The molecule has 0 saturated carbocycles. The van der Waals surface area contributed by atoms with Crippen molar-refractivity contribution in [2.45, 2.75) is 33.3 Å². The van der Waals surface area contributed by atoms with E-state index in [0.29, 0.717) is 11.5 Å². The lowest BCUT2D eigenvalue weighted by atomic mass is 10.2. The molecule has 4 heteroatoms. The van der Waals surface area contributed by atoms with Crippen molar-refractivity contribution in [2.24, 2.45) is 0 Å². The summed E-state index contributed by atoms with van der Waals surface area (Å²) in [6.07, 6.45) is 1.18. The maximum atomic E-state index is 5.92. The first-order chi connectivity index (χ1) is 9.58. The number of nitrogens with one attached hydrogen (secondary N) is 1. The van der Waals surface area contributed by atoms with Gasteiger partial charge in [-0.3, -0.25) is 0 Å². The van der Waals surface area contributed by atoms with Crippen molar-refractivity contribution in [1.29, 1.82) is 0 Å². The van der Waals surface area contributed by atoms with E-state index < -0.39 is 0 Å². The molecule has 0 fully saturated rings. The standard InChI is InChI=1S/C16H21N3O/c1-4-12(3)20-14-7-5-6-13(10-14)19-16-15(17)9-8-11(2)18-16/h5-10,12H,4,17H2,1-3H3,(H,18,19). The molecule has 1 aromatic heterocycles. The third-order valence-electron chi connectivity index (χ3n) is 3.07. The number of nitrogens with two attached hydrogens (primary N) is 1. The SMILES string of the molecule is CCC(C)Oc1cccc(Nc2nc(C)ccc2N)c1. The van der Waals surface area contributed by atoms with Gasteiger partial charge in [0.1, 0.15) is 5.75 Å². The summed E-state index contributed by atoms with van der Waals surface area (Å²) in [7, 11) is 0. The summed E-state index contributed by atoms with van der Waals surface area (Å²) >= 11 is 0. The van der Waals surface area contributed by atoms with Crippen molar-refractivity contribution >= 4 is 17.2 Å².